The molecule has 158 valence electrons. The Balaban J connectivity index is 1.89. The highest BCUT2D eigenvalue weighted by Gasteiger charge is 2.93. The van der Waals surface area contributed by atoms with Crippen molar-refractivity contribution in [3.05, 3.63) is 11.1 Å². The molecule has 0 bridgehead atoms. The Morgan fingerprint density at radius 2 is 1.75 bits per heavy atom. The summed E-state index contributed by atoms with van der Waals surface area (Å²) in [5.74, 6) is -0.838. The van der Waals surface area contributed by atoms with Crippen LogP contribution < -0.4 is 0 Å². The third kappa shape index (κ3) is 1.82. The fourth-order valence-electron chi connectivity index (χ4n) is 6.59. The number of epoxide rings is 1. The van der Waals surface area contributed by atoms with Crippen molar-refractivity contribution in [2.24, 2.45) is 11.8 Å². The molecule has 4 N–H and O–H groups in total. The predicted octanol–water partition coefficient (Wildman–Crippen LogP) is 0.820. The Bertz CT molecular complexity index is 773. The lowest BCUT2D eigenvalue weighted by Gasteiger charge is -2.53. The summed E-state index contributed by atoms with van der Waals surface area (Å²) in [4.78, 5) is 12.6. The average Bonchev–Trinajstić information content (AvgIpc) is 3.23. The van der Waals surface area contributed by atoms with Crippen LogP contribution in [0.25, 0.3) is 0 Å². The van der Waals surface area contributed by atoms with Crippen LogP contribution in [0.4, 0.5) is 0 Å². The second-order valence-electron chi connectivity index (χ2n) is 9.95. The standard InChI is InChI=1S/C21H32O7/c1-10(2)14-12(4)17(5,25)21(26,16(14)24)20-9-13(22)27-18(6)15(23)11(3)7-8-19(18,20)28-20/h10-11,15-16,23-26H,7-9H2,1-6H3. The molecule has 2 saturated heterocycles. The summed E-state index contributed by atoms with van der Waals surface area (Å²) in [5, 5.41) is 45.5. The highest BCUT2D eigenvalue weighted by Crippen LogP contribution is 2.73. The molecule has 4 aliphatic rings. The molecule has 2 aliphatic heterocycles. The topological polar surface area (TPSA) is 120 Å². The molecular formula is C21H32O7. The first kappa shape index (κ1) is 20.3. The van der Waals surface area contributed by atoms with Gasteiger partial charge in [0.2, 0.25) is 0 Å². The Morgan fingerprint density at radius 3 is 2.29 bits per heavy atom. The maximum Gasteiger partial charge on any atom is 0.309 e. The maximum atomic E-state index is 12.6. The molecule has 2 heterocycles. The molecule has 0 amide bonds. The summed E-state index contributed by atoms with van der Waals surface area (Å²) in [5.41, 5.74) is -6.95. The van der Waals surface area contributed by atoms with Gasteiger partial charge in [0, 0.05) is 0 Å². The van der Waals surface area contributed by atoms with Gasteiger partial charge in [0.05, 0.1) is 12.5 Å². The van der Waals surface area contributed by atoms with Crippen LogP contribution in [0.5, 0.6) is 0 Å². The maximum absolute atomic E-state index is 12.6. The minimum atomic E-state index is -2.13. The van der Waals surface area contributed by atoms with Crippen molar-refractivity contribution >= 4 is 5.97 Å². The molecular weight excluding hydrogens is 364 g/mol. The van der Waals surface area contributed by atoms with Gasteiger partial charge in [-0.15, -0.1) is 0 Å². The highest BCUT2D eigenvalue weighted by molar-refractivity contribution is 5.77. The van der Waals surface area contributed by atoms with E-state index in [0.717, 1.165) is 0 Å². The zero-order chi connectivity index (χ0) is 21.1. The number of aliphatic hydroxyl groups excluding tert-OH is 2. The van der Waals surface area contributed by atoms with Crippen LogP contribution in [0, 0.1) is 11.8 Å². The molecule has 7 heteroatoms. The van der Waals surface area contributed by atoms with E-state index in [4.69, 9.17) is 9.47 Å². The van der Waals surface area contributed by atoms with Gasteiger partial charge >= 0.3 is 5.97 Å². The first-order valence-electron chi connectivity index (χ1n) is 10.2. The number of carbonyl (C=O) groups is 1. The smallest absolute Gasteiger partial charge is 0.309 e. The third-order valence-electron chi connectivity index (χ3n) is 8.37. The predicted molar refractivity (Wildman–Crippen MR) is 99.2 cm³/mol. The van der Waals surface area contributed by atoms with Crippen LogP contribution in [0.2, 0.25) is 0 Å². The molecule has 0 radical (unpaired) electrons. The van der Waals surface area contributed by atoms with Crippen molar-refractivity contribution < 1.29 is 34.7 Å². The summed E-state index contributed by atoms with van der Waals surface area (Å²) in [6.45, 7) is 10.4. The lowest BCUT2D eigenvalue weighted by molar-refractivity contribution is -0.229. The number of ether oxygens (including phenoxy) is 2. The second kappa shape index (κ2) is 5.38. The van der Waals surface area contributed by atoms with E-state index < -0.39 is 46.2 Å². The molecule has 1 spiro atoms. The van der Waals surface area contributed by atoms with Gasteiger partial charge in [-0.3, -0.25) is 4.79 Å². The summed E-state index contributed by atoms with van der Waals surface area (Å²) in [7, 11) is 0. The number of rotatable bonds is 2. The number of hydrogen-bond donors (Lipinski definition) is 4. The van der Waals surface area contributed by atoms with Gasteiger partial charge in [0.15, 0.2) is 11.2 Å². The van der Waals surface area contributed by atoms with Gasteiger partial charge in [0.1, 0.15) is 22.9 Å². The molecule has 2 aliphatic carbocycles. The molecule has 7 nitrogen and oxygen atoms in total. The summed E-state index contributed by atoms with van der Waals surface area (Å²) < 4.78 is 11.9. The normalized spacial score (nSPS) is 55.8. The van der Waals surface area contributed by atoms with Crippen LogP contribution in [-0.4, -0.2) is 66.6 Å². The number of carbonyl (C=O) groups excluding carboxylic acids is 1. The van der Waals surface area contributed by atoms with Gasteiger partial charge < -0.3 is 29.9 Å². The summed E-state index contributed by atoms with van der Waals surface area (Å²) >= 11 is 0. The lowest BCUT2D eigenvalue weighted by atomic mass is 9.56. The van der Waals surface area contributed by atoms with Gasteiger partial charge in [-0.05, 0) is 56.6 Å². The van der Waals surface area contributed by atoms with E-state index >= 15 is 0 Å². The minimum Gasteiger partial charge on any atom is -0.453 e. The van der Waals surface area contributed by atoms with Crippen molar-refractivity contribution in [1.29, 1.82) is 0 Å². The monoisotopic (exact) mass is 396 g/mol. The Morgan fingerprint density at radius 1 is 1.14 bits per heavy atom. The largest absolute Gasteiger partial charge is 0.453 e. The van der Waals surface area contributed by atoms with Crippen molar-refractivity contribution in [3.63, 3.8) is 0 Å². The van der Waals surface area contributed by atoms with Gasteiger partial charge in [-0.2, -0.15) is 0 Å². The van der Waals surface area contributed by atoms with Gasteiger partial charge in [0.25, 0.3) is 0 Å². The highest BCUT2D eigenvalue weighted by atomic mass is 16.7. The van der Waals surface area contributed by atoms with E-state index in [1.54, 1.807) is 13.8 Å². The van der Waals surface area contributed by atoms with Crippen LogP contribution in [0.15, 0.2) is 11.1 Å². The fourth-order valence-corrected chi connectivity index (χ4v) is 6.59. The number of esters is 1. The van der Waals surface area contributed by atoms with Crippen molar-refractivity contribution in [1.82, 2.24) is 0 Å². The quantitative estimate of drug-likeness (QED) is 0.310. The van der Waals surface area contributed by atoms with E-state index in [9.17, 15) is 25.2 Å². The average molecular weight is 396 g/mol. The van der Waals surface area contributed by atoms with E-state index in [1.807, 2.05) is 20.8 Å². The van der Waals surface area contributed by atoms with Crippen LogP contribution >= 0.6 is 0 Å². The van der Waals surface area contributed by atoms with Crippen molar-refractivity contribution in [2.75, 3.05) is 0 Å². The van der Waals surface area contributed by atoms with Crippen LogP contribution in [-0.2, 0) is 14.3 Å². The minimum absolute atomic E-state index is 0.111. The van der Waals surface area contributed by atoms with Gasteiger partial charge in [-0.1, -0.05) is 20.8 Å². The lowest BCUT2D eigenvalue weighted by Crippen LogP contribution is -2.74. The summed E-state index contributed by atoms with van der Waals surface area (Å²) in [6, 6.07) is 0. The number of hydrogen-bond acceptors (Lipinski definition) is 7. The molecule has 0 aromatic carbocycles. The Labute approximate surface area is 165 Å². The molecule has 0 aromatic heterocycles. The fraction of sp³-hybridized carbons (Fsp3) is 0.857. The van der Waals surface area contributed by atoms with Gasteiger partial charge in [-0.25, -0.2) is 0 Å². The molecule has 4 rings (SSSR count). The molecule has 28 heavy (non-hydrogen) atoms. The molecule has 8 atom stereocenters. The zero-order valence-electron chi connectivity index (χ0n) is 17.4. The van der Waals surface area contributed by atoms with Crippen molar-refractivity contribution in [2.45, 2.75) is 101 Å². The Hall–Kier alpha value is -0.990. The van der Waals surface area contributed by atoms with Crippen LogP contribution in [0.1, 0.15) is 60.8 Å². The third-order valence-corrected chi connectivity index (χ3v) is 8.37. The zero-order valence-corrected chi connectivity index (χ0v) is 17.4. The second-order valence-corrected chi connectivity index (χ2v) is 9.95. The first-order valence-corrected chi connectivity index (χ1v) is 10.2. The van der Waals surface area contributed by atoms with Crippen LogP contribution in [0.3, 0.4) is 0 Å². The SMILES string of the molecule is CC1=C(C(C)C)C(O)C(O)(C23CC(=O)OC4(C)C(O)C(C)CCC42O3)C1(C)O. The van der Waals surface area contributed by atoms with Crippen molar-refractivity contribution in [3.8, 4) is 0 Å². The molecule has 3 fully saturated rings. The first-order chi connectivity index (χ1) is 12.7. The van der Waals surface area contributed by atoms with E-state index in [-0.39, 0.29) is 18.3 Å². The summed E-state index contributed by atoms with van der Waals surface area (Å²) in [6.07, 6.45) is -1.58. The Kier molecular flexibility index (Phi) is 3.90. The van der Waals surface area contributed by atoms with E-state index in [1.165, 1.54) is 6.92 Å². The molecule has 0 aromatic rings. The molecule has 8 unspecified atom stereocenters. The number of aliphatic hydroxyl groups is 4. The van der Waals surface area contributed by atoms with E-state index in [2.05, 4.69) is 0 Å². The van der Waals surface area contributed by atoms with E-state index in [0.29, 0.717) is 24.0 Å². The molecule has 1 saturated carbocycles.